The number of allylic oxidation sites excluding steroid dienone is 2. The lowest BCUT2D eigenvalue weighted by molar-refractivity contribution is -0.193. The van der Waals surface area contributed by atoms with E-state index >= 15 is 0 Å². The maximum atomic E-state index is 14.3. The van der Waals surface area contributed by atoms with Crippen LogP contribution < -0.4 is 5.32 Å². The summed E-state index contributed by atoms with van der Waals surface area (Å²) >= 11 is 0. The molecule has 5 aliphatic rings. The standard InChI is InChI=1S/C31H47NO5/c1-18(33)32-31(7)22-8-11-30(6)24(28(22,4)10-9-23(31)35)21(34)16-19-20-17-27(3,25(36)37)13-12-26(20,2)14-15-29(19,30)5/h16,20,22-24,35H,8-15,17H2,1-7H3,(H,32,33)(H,36,37)/t20-,22+,23-,24+,26+,27-,28-,29+,30+,31-/m0/s1. The first kappa shape index (κ1) is 26.9. The molecule has 0 spiro atoms. The maximum absolute atomic E-state index is 14.3. The fourth-order valence-corrected chi connectivity index (χ4v) is 10.6. The van der Waals surface area contributed by atoms with E-state index in [1.165, 1.54) is 12.5 Å². The molecule has 0 heterocycles. The summed E-state index contributed by atoms with van der Waals surface area (Å²) in [5.41, 5.74) is -1.05. The molecule has 10 atom stereocenters. The maximum Gasteiger partial charge on any atom is 0.309 e. The summed E-state index contributed by atoms with van der Waals surface area (Å²) in [5.74, 6) is -0.769. The number of nitrogens with one attached hydrogen (secondary N) is 1. The smallest absolute Gasteiger partial charge is 0.309 e. The number of hydrogen-bond donors (Lipinski definition) is 3. The number of aliphatic hydroxyl groups excluding tert-OH is 1. The van der Waals surface area contributed by atoms with Gasteiger partial charge in [0, 0.05) is 12.8 Å². The van der Waals surface area contributed by atoms with E-state index in [1.54, 1.807) is 0 Å². The number of amides is 1. The summed E-state index contributed by atoms with van der Waals surface area (Å²) in [6.45, 7) is 14.6. The van der Waals surface area contributed by atoms with Gasteiger partial charge in [-0.05, 0) is 111 Å². The summed E-state index contributed by atoms with van der Waals surface area (Å²) in [4.78, 5) is 38.8. The number of carboxylic acids is 1. The number of ketones is 1. The van der Waals surface area contributed by atoms with Crippen LogP contribution in [0.25, 0.3) is 0 Å². The lowest BCUT2D eigenvalue weighted by Crippen LogP contribution is -2.72. The van der Waals surface area contributed by atoms with Crippen molar-refractivity contribution < 1.29 is 24.6 Å². The number of fused-ring (bicyclic) bond motifs is 7. The Morgan fingerprint density at radius 2 is 1.59 bits per heavy atom. The number of carboxylic acid groups (broad SMARTS) is 1. The summed E-state index contributed by atoms with van der Waals surface area (Å²) in [6, 6.07) is 0. The van der Waals surface area contributed by atoms with Gasteiger partial charge in [-0.3, -0.25) is 14.4 Å². The molecule has 4 saturated carbocycles. The monoisotopic (exact) mass is 513 g/mol. The molecule has 0 unspecified atom stereocenters. The quantitative estimate of drug-likeness (QED) is 0.466. The molecule has 3 N–H and O–H groups in total. The van der Waals surface area contributed by atoms with Crippen molar-refractivity contribution in [3.8, 4) is 0 Å². The van der Waals surface area contributed by atoms with Crippen LogP contribution in [0.5, 0.6) is 0 Å². The van der Waals surface area contributed by atoms with Crippen molar-refractivity contribution >= 4 is 17.7 Å². The van der Waals surface area contributed by atoms with Gasteiger partial charge in [-0.25, -0.2) is 0 Å². The van der Waals surface area contributed by atoms with Crippen molar-refractivity contribution in [3.05, 3.63) is 11.6 Å². The fourth-order valence-electron chi connectivity index (χ4n) is 10.6. The Hall–Kier alpha value is -1.69. The van der Waals surface area contributed by atoms with Crippen LogP contribution in [-0.4, -0.2) is 39.5 Å². The minimum atomic E-state index is -0.761. The minimum Gasteiger partial charge on any atom is -0.481 e. The SMILES string of the molecule is CC(=O)N[C@@]1(C)[C@@H]2CC[C@]3(C)[C@H](C(=O)C=C4[C@@H]5C[C@@](C)(C(=O)O)CC[C@]5(C)CC[C@]43C)[C@@]2(C)CC[C@@H]1O. The van der Waals surface area contributed by atoms with Gasteiger partial charge < -0.3 is 15.5 Å². The van der Waals surface area contributed by atoms with Gasteiger partial charge in [0.25, 0.3) is 0 Å². The topological polar surface area (TPSA) is 104 Å². The van der Waals surface area contributed by atoms with Crippen molar-refractivity contribution in [1.82, 2.24) is 5.32 Å². The van der Waals surface area contributed by atoms with Gasteiger partial charge in [0.05, 0.1) is 17.1 Å². The highest BCUT2D eigenvalue weighted by atomic mass is 16.4. The lowest BCUT2D eigenvalue weighted by atomic mass is 9.34. The number of hydrogen-bond acceptors (Lipinski definition) is 4. The highest BCUT2D eigenvalue weighted by Crippen LogP contribution is 2.74. The average molecular weight is 514 g/mol. The normalized spacial score (nSPS) is 53.1. The Bertz CT molecular complexity index is 1080. The molecule has 0 aromatic heterocycles. The van der Waals surface area contributed by atoms with Crippen molar-refractivity contribution in [2.45, 2.75) is 118 Å². The van der Waals surface area contributed by atoms with Crippen molar-refractivity contribution in [2.75, 3.05) is 0 Å². The first-order valence-corrected chi connectivity index (χ1v) is 14.4. The molecule has 5 aliphatic carbocycles. The Kier molecular flexibility index (Phi) is 5.76. The third-order valence-electron chi connectivity index (χ3n) is 13.2. The van der Waals surface area contributed by atoms with Gasteiger partial charge in [-0.2, -0.15) is 0 Å². The summed E-state index contributed by atoms with van der Waals surface area (Å²) < 4.78 is 0. The molecule has 0 bridgehead atoms. The zero-order chi connectivity index (χ0) is 27.4. The molecule has 1 amide bonds. The van der Waals surface area contributed by atoms with Gasteiger partial charge >= 0.3 is 5.97 Å². The van der Waals surface area contributed by atoms with E-state index in [0.29, 0.717) is 19.3 Å². The second-order valence-electron chi connectivity index (χ2n) is 15.1. The molecule has 0 aliphatic heterocycles. The second-order valence-corrected chi connectivity index (χ2v) is 15.1. The van der Waals surface area contributed by atoms with Crippen LogP contribution in [0.3, 0.4) is 0 Å². The van der Waals surface area contributed by atoms with E-state index in [4.69, 9.17) is 0 Å². The zero-order valence-electron chi connectivity index (χ0n) is 23.9. The molecule has 0 aromatic rings. The largest absolute Gasteiger partial charge is 0.481 e. The third-order valence-corrected chi connectivity index (χ3v) is 13.2. The van der Waals surface area contributed by atoms with Crippen LogP contribution in [-0.2, 0) is 14.4 Å². The lowest BCUT2D eigenvalue weighted by Gasteiger charge is -2.70. The minimum absolute atomic E-state index is 0.00654. The molecule has 0 aromatic carbocycles. The molecule has 206 valence electrons. The first-order chi connectivity index (χ1) is 17.0. The summed E-state index contributed by atoms with van der Waals surface area (Å²) in [7, 11) is 0. The number of carbonyl (C=O) groups is 3. The Morgan fingerprint density at radius 3 is 2.22 bits per heavy atom. The van der Waals surface area contributed by atoms with Crippen LogP contribution in [0.2, 0.25) is 0 Å². The molecule has 0 saturated heterocycles. The van der Waals surface area contributed by atoms with E-state index in [9.17, 15) is 24.6 Å². The molecule has 0 radical (unpaired) electrons. The molecule has 37 heavy (non-hydrogen) atoms. The van der Waals surface area contributed by atoms with E-state index in [2.05, 4.69) is 33.0 Å². The second kappa shape index (κ2) is 7.92. The highest BCUT2D eigenvalue weighted by molar-refractivity contribution is 5.95. The highest BCUT2D eigenvalue weighted by Gasteiger charge is 2.71. The Morgan fingerprint density at radius 1 is 0.946 bits per heavy atom. The van der Waals surface area contributed by atoms with Gasteiger partial charge in [0.2, 0.25) is 5.91 Å². The van der Waals surface area contributed by atoms with Crippen molar-refractivity contribution in [2.24, 2.45) is 44.8 Å². The summed E-state index contributed by atoms with van der Waals surface area (Å²) in [6.07, 6.45) is 8.60. The number of carbonyl (C=O) groups excluding carboxylic acids is 2. The van der Waals surface area contributed by atoms with E-state index < -0.39 is 23.0 Å². The zero-order valence-corrected chi connectivity index (χ0v) is 23.9. The first-order valence-electron chi connectivity index (χ1n) is 14.4. The molecule has 5 rings (SSSR count). The van der Waals surface area contributed by atoms with Crippen LogP contribution in [0.4, 0.5) is 0 Å². The van der Waals surface area contributed by atoms with Gasteiger partial charge in [-0.15, -0.1) is 0 Å². The number of aliphatic hydroxyl groups is 1. The molecule has 6 heteroatoms. The van der Waals surface area contributed by atoms with E-state index in [0.717, 1.165) is 38.5 Å². The average Bonchev–Trinajstić information content (AvgIpc) is 2.78. The van der Waals surface area contributed by atoms with Crippen LogP contribution >= 0.6 is 0 Å². The van der Waals surface area contributed by atoms with Crippen LogP contribution in [0.1, 0.15) is 106 Å². The molecule has 4 fully saturated rings. The summed E-state index contributed by atoms with van der Waals surface area (Å²) in [5, 5.41) is 24.3. The molecular weight excluding hydrogens is 466 g/mol. The van der Waals surface area contributed by atoms with Gasteiger partial charge in [-0.1, -0.05) is 33.3 Å². The predicted molar refractivity (Wildman–Crippen MR) is 142 cm³/mol. The van der Waals surface area contributed by atoms with Crippen LogP contribution in [0, 0.1) is 44.8 Å². The third kappa shape index (κ3) is 3.36. The predicted octanol–water partition coefficient (Wildman–Crippen LogP) is 5.28. The molecule has 6 nitrogen and oxygen atoms in total. The molecular formula is C31H47NO5. The van der Waals surface area contributed by atoms with Gasteiger partial charge in [0.1, 0.15) is 0 Å². The Balaban J connectivity index is 1.61. The fraction of sp³-hybridized carbons (Fsp3) is 0.839. The van der Waals surface area contributed by atoms with E-state index in [1.807, 2.05) is 19.9 Å². The van der Waals surface area contributed by atoms with E-state index in [-0.39, 0.29) is 51.1 Å². The number of aliphatic carboxylic acids is 1. The van der Waals surface area contributed by atoms with Gasteiger partial charge in [0.15, 0.2) is 5.78 Å². The Labute approximate surface area is 222 Å². The van der Waals surface area contributed by atoms with Crippen LogP contribution in [0.15, 0.2) is 11.6 Å². The van der Waals surface area contributed by atoms with Crippen molar-refractivity contribution in [3.63, 3.8) is 0 Å². The number of rotatable bonds is 2. The van der Waals surface area contributed by atoms with Crippen molar-refractivity contribution in [1.29, 1.82) is 0 Å².